The van der Waals surface area contributed by atoms with Crippen LogP contribution in [0, 0.1) is 11.7 Å². The summed E-state index contributed by atoms with van der Waals surface area (Å²) >= 11 is 3.28. The van der Waals surface area contributed by atoms with E-state index in [1.54, 1.807) is 6.07 Å². The standard InChI is InChI=1S/C18H19BrFN/c1-21-18-14(8-7-13-4-2-3-5-15(13)18)10-12-6-9-17(20)16(19)11-12/h2-6,9,11,14,18,21H,7-8,10H2,1H3. The molecule has 0 spiro atoms. The van der Waals surface area contributed by atoms with Gasteiger partial charge in [-0.2, -0.15) is 0 Å². The second kappa shape index (κ2) is 6.29. The van der Waals surface area contributed by atoms with Crippen molar-refractivity contribution in [3.05, 3.63) is 69.4 Å². The maximum atomic E-state index is 13.4. The summed E-state index contributed by atoms with van der Waals surface area (Å²) in [6.45, 7) is 0. The molecular weight excluding hydrogens is 329 g/mol. The molecule has 1 N–H and O–H groups in total. The Labute approximate surface area is 133 Å². The molecule has 2 aromatic carbocycles. The first kappa shape index (κ1) is 14.7. The van der Waals surface area contributed by atoms with Crippen LogP contribution >= 0.6 is 15.9 Å². The van der Waals surface area contributed by atoms with Crippen molar-refractivity contribution in [2.75, 3.05) is 7.05 Å². The highest BCUT2D eigenvalue weighted by atomic mass is 79.9. The largest absolute Gasteiger partial charge is 0.313 e. The van der Waals surface area contributed by atoms with E-state index in [-0.39, 0.29) is 5.82 Å². The van der Waals surface area contributed by atoms with Crippen molar-refractivity contribution in [3.63, 3.8) is 0 Å². The molecule has 2 atom stereocenters. The molecule has 0 heterocycles. The van der Waals surface area contributed by atoms with Gasteiger partial charge < -0.3 is 5.32 Å². The number of halogens is 2. The van der Waals surface area contributed by atoms with E-state index in [0.29, 0.717) is 16.4 Å². The Morgan fingerprint density at radius 3 is 2.81 bits per heavy atom. The number of rotatable bonds is 3. The number of aryl methyl sites for hydroxylation is 1. The molecular formula is C18H19BrFN. The van der Waals surface area contributed by atoms with Gasteiger partial charge in [0, 0.05) is 6.04 Å². The highest BCUT2D eigenvalue weighted by Crippen LogP contribution is 2.36. The molecule has 1 nitrogen and oxygen atoms in total. The van der Waals surface area contributed by atoms with Crippen molar-refractivity contribution in [2.24, 2.45) is 5.92 Å². The van der Waals surface area contributed by atoms with Crippen molar-refractivity contribution in [2.45, 2.75) is 25.3 Å². The Bertz CT molecular complexity index is 641. The van der Waals surface area contributed by atoms with Crippen LogP contribution in [-0.4, -0.2) is 7.05 Å². The SMILES string of the molecule is CNC1c2ccccc2CCC1Cc1ccc(F)c(Br)c1. The van der Waals surface area contributed by atoms with Gasteiger partial charge >= 0.3 is 0 Å². The summed E-state index contributed by atoms with van der Waals surface area (Å²) in [6.07, 6.45) is 3.26. The van der Waals surface area contributed by atoms with Gasteiger partial charge in [-0.25, -0.2) is 4.39 Å². The molecule has 21 heavy (non-hydrogen) atoms. The fourth-order valence-electron chi connectivity index (χ4n) is 3.41. The molecule has 0 fully saturated rings. The minimum atomic E-state index is -0.196. The van der Waals surface area contributed by atoms with Crippen molar-refractivity contribution >= 4 is 15.9 Å². The van der Waals surface area contributed by atoms with Gasteiger partial charge in [-0.15, -0.1) is 0 Å². The molecule has 0 saturated carbocycles. The van der Waals surface area contributed by atoms with Crippen molar-refractivity contribution < 1.29 is 4.39 Å². The summed E-state index contributed by atoms with van der Waals surface area (Å²) < 4.78 is 13.9. The van der Waals surface area contributed by atoms with E-state index in [0.717, 1.165) is 19.3 Å². The van der Waals surface area contributed by atoms with Gasteiger partial charge in [-0.05, 0) is 77.0 Å². The normalized spacial score (nSPS) is 21.1. The van der Waals surface area contributed by atoms with Gasteiger partial charge in [0.25, 0.3) is 0 Å². The number of fused-ring (bicyclic) bond motifs is 1. The van der Waals surface area contributed by atoms with E-state index >= 15 is 0 Å². The summed E-state index contributed by atoms with van der Waals surface area (Å²) in [5.74, 6) is 0.347. The van der Waals surface area contributed by atoms with Crippen molar-refractivity contribution in [1.29, 1.82) is 0 Å². The Balaban J connectivity index is 1.84. The van der Waals surface area contributed by atoms with Crippen LogP contribution in [0.25, 0.3) is 0 Å². The molecule has 1 aliphatic rings. The first-order valence-corrected chi connectivity index (χ1v) is 8.17. The Morgan fingerprint density at radius 2 is 2.05 bits per heavy atom. The van der Waals surface area contributed by atoms with Gasteiger partial charge in [-0.3, -0.25) is 0 Å². The zero-order valence-corrected chi connectivity index (χ0v) is 13.7. The van der Waals surface area contributed by atoms with E-state index < -0.39 is 0 Å². The van der Waals surface area contributed by atoms with Crippen LogP contribution in [0.2, 0.25) is 0 Å². The smallest absolute Gasteiger partial charge is 0.137 e. The van der Waals surface area contributed by atoms with Gasteiger partial charge in [0.05, 0.1) is 4.47 Å². The van der Waals surface area contributed by atoms with Crippen LogP contribution in [0.1, 0.15) is 29.2 Å². The first-order valence-electron chi connectivity index (χ1n) is 7.38. The average molecular weight is 348 g/mol. The summed E-state index contributed by atoms with van der Waals surface area (Å²) in [5.41, 5.74) is 4.05. The molecule has 3 heteroatoms. The second-order valence-corrected chi connectivity index (χ2v) is 6.57. The van der Waals surface area contributed by atoms with Gasteiger partial charge in [0.1, 0.15) is 5.82 Å². The fourth-order valence-corrected chi connectivity index (χ4v) is 3.83. The summed E-state index contributed by atoms with van der Waals surface area (Å²) in [6, 6.07) is 14.4. The lowest BCUT2D eigenvalue weighted by Gasteiger charge is -2.33. The van der Waals surface area contributed by atoms with Crippen LogP contribution in [0.4, 0.5) is 4.39 Å². The maximum Gasteiger partial charge on any atom is 0.137 e. The zero-order chi connectivity index (χ0) is 14.8. The minimum Gasteiger partial charge on any atom is -0.313 e. The molecule has 2 aromatic rings. The monoisotopic (exact) mass is 347 g/mol. The molecule has 0 aliphatic heterocycles. The lowest BCUT2D eigenvalue weighted by molar-refractivity contribution is 0.334. The third-order valence-electron chi connectivity index (χ3n) is 4.44. The average Bonchev–Trinajstić information content (AvgIpc) is 2.51. The lowest BCUT2D eigenvalue weighted by atomic mass is 9.77. The first-order chi connectivity index (χ1) is 10.2. The molecule has 1 aliphatic carbocycles. The van der Waals surface area contributed by atoms with Crippen LogP contribution in [0.5, 0.6) is 0 Å². The van der Waals surface area contributed by atoms with Gasteiger partial charge in [-0.1, -0.05) is 30.3 Å². The predicted molar refractivity (Wildman–Crippen MR) is 87.9 cm³/mol. The number of hydrogen-bond donors (Lipinski definition) is 1. The summed E-state index contributed by atoms with van der Waals surface area (Å²) in [5, 5.41) is 3.47. The third-order valence-corrected chi connectivity index (χ3v) is 5.05. The third kappa shape index (κ3) is 3.04. The highest BCUT2D eigenvalue weighted by Gasteiger charge is 2.28. The Morgan fingerprint density at radius 1 is 1.24 bits per heavy atom. The number of hydrogen-bond acceptors (Lipinski definition) is 1. The van der Waals surface area contributed by atoms with E-state index in [2.05, 4.69) is 45.5 Å². The number of nitrogens with one attached hydrogen (secondary N) is 1. The Hall–Kier alpha value is -1.19. The fraction of sp³-hybridized carbons (Fsp3) is 0.333. The molecule has 110 valence electrons. The van der Waals surface area contributed by atoms with Crippen LogP contribution in [-0.2, 0) is 12.8 Å². The van der Waals surface area contributed by atoms with Crippen LogP contribution in [0.3, 0.4) is 0 Å². The highest BCUT2D eigenvalue weighted by molar-refractivity contribution is 9.10. The molecule has 0 radical (unpaired) electrons. The van der Waals surface area contributed by atoms with Gasteiger partial charge in [0.15, 0.2) is 0 Å². The van der Waals surface area contributed by atoms with Crippen LogP contribution in [0.15, 0.2) is 46.9 Å². The van der Waals surface area contributed by atoms with E-state index in [1.165, 1.54) is 16.7 Å². The van der Waals surface area contributed by atoms with Crippen molar-refractivity contribution in [3.8, 4) is 0 Å². The second-order valence-electron chi connectivity index (χ2n) is 5.72. The van der Waals surface area contributed by atoms with Crippen LogP contribution < -0.4 is 5.32 Å². The molecule has 0 bridgehead atoms. The molecule has 0 amide bonds. The predicted octanol–water partition coefficient (Wildman–Crippen LogP) is 4.65. The summed E-state index contributed by atoms with van der Waals surface area (Å²) in [4.78, 5) is 0. The van der Waals surface area contributed by atoms with E-state index in [1.807, 2.05) is 19.2 Å². The zero-order valence-electron chi connectivity index (χ0n) is 12.1. The molecule has 0 aromatic heterocycles. The maximum absolute atomic E-state index is 13.4. The molecule has 3 rings (SSSR count). The summed E-state index contributed by atoms with van der Waals surface area (Å²) in [7, 11) is 2.03. The Kier molecular flexibility index (Phi) is 4.41. The minimum absolute atomic E-state index is 0.196. The topological polar surface area (TPSA) is 12.0 Å². The lowest BCUT2D eigenvalue weighted by Crippen LogP contribution is -2.31. The molecule has 0 saturated heterocycles. The van der Waals surface area contributed by atoms with Gasteiger partial charge in [0.2, 0.25) is 0 Å². The van der Waals surface area contributed by atoms with E-state index in [4.69, 9.17) is 0 Å². The quantitative estimate of drug-likeness (QED) is 0.851. The van der Waals surface area contributed by atoms with Crippen molar-refractivity contribution in [1.82, 2.24) is 5.32 Å². The van der Waals surface area contributed by atoms with E-state index in [9.17, 15) is 4.39 Å². The molecule has 2 unspecified atom stereocenters. The number of benzene rings is 2.